The zero-order chi connectivity index (χ0) is 21.7. The highest BCUT2D eigenvalue weighted by molar-refractivity contribution is 8.03. The molecule has 0 atom stereocenters. The van der Waals surface area contributed by atoms with E-state index in [2.05, 4.69) is 5.32 Å². The summed E-state index contributed by atoms with van der Waals surface area (Å²) in [5, 5.41) is 14.5. The van der Waals surface area contributed by atoms with Crippen LogP contribution in [0.5, 0.6) is 0 Å². The molecule has 10 heteroatoms. The number of nitrogens with one attached hydrogen (secondary N) is 1. The molecule has 0 spiro atoms. The Labute approximate surface area is 171 Å². The molecule has 9 nitrogen and oxygen atoms in total. The van der Waals surface area contributed by atoms with Gasteiger partial charge in [-0.3, -0.25) is 28.8 Å². The minimum atomic E-state index is -0.549. The van der Waals surface area contributed by atoms with Gasteiger partial charge in [0.15, 0.2) is 5.78 Å². The first-order valence-corrected chi connectivity index (χ1v) is 9.80. The van der Waals surface area contributed by atoms with Gasteiger partial charge in [-0.15, -0.1) is 11.8 Å². The SMILES string of the molecule is CC/C=C(/Nc1c(C)n(C)c(=O)n(C)c1=O)SCC(=O)c1cccc([N+](=O)[O-])c1. The summed E-state index contributed by atoms with van der Waals surface area (Å²) >= 11 is 1.19. The van der Waals surface area contributed by atoms with Gasteiger partial charge in [0.2, 0.25) is 0 Å². The predicted molar refractivity (Wildman–Crippen MR) is 114 cm³/mol. The fourth-order valence-electron chi connectivity index (χ4n) is 2.56. The highest BCUT2D eigenvalue weighted by Crippen LogP contribution is 2.22. The first-order chi connectivity index (χ1) is 13.7. The van der Waals surface area contributed by atoms with E-state index in [-0.39, 0.29) is 28.5 Å². The van der Waals surface area contributed by atoms with Gasteiger partial charge in [-0.2, -0.15) is 0 Å². The van der Waals surface area contributed by atoms with Crippen LogP contribution in [0.25, 0.3) is 0 Å². The van der Waals surface area contributed by atoms with Crippen molar-refractivity contribution in [1.29, 1.82) is 0 Å². The number of nitrogens with zero attached hydrogens (tertiary/aromatic N) is 3. The van der Waals surface area contributed by atoms with Crippen molar-refractivity contribution in [2.24, 2.45) is 14.1 Å². The van der Waals surface area contributed by atoms with Crippen molar-refractivity contribution in [2.75, 3.05) is 11.1 Å². The Bertz CT molecular complexity index is 1100. The molecule has 0 radical (unpaired) electrons. The van der Waals surface area contributed by atoms with E-state index in [0.717, 1.165) is 4.57 Å². The van der Waals surface area contributed by atoms with E-state index >= 15 is 0 Å². The Morgan fingerprint density at radius 2 is 1.97 bits per heavy atom. The van der Waals surface area contributed by atoms with Crippen LogP contribution in [-0.4, -0.2) is 25.6 Å². The molecule has 0 aliphatic heterocycles. The van der Waals surface area contributed by atoms with E-state index in [0.29, 0.717) is 17.1 Å². The number of carbonyl (C=O) groups is 1. The van der Waals surface area contributed by atoms with Gasteiger partial charge >= 0.3 is 5.69 Å². The third-order valence-electron chi connectivity index (χ3n) is 4.33. The van der Waals surface area contributed by atoms with Crippen LogP contribution in [0, 0.1) is 17.0 Å². The molecule has 29 heavy (non-hydrogen) atoms. The molecule has 0 amide bonds. The lowest BCUT2D eigenvalue weighted by molar-refractivity contribution is -0.384. The number of rotatable bonds is 8. The van der Waals surface area contributed by atoms with E-state index in [4.69, 9.17) is 0 Å². The lowest BCUT2D eigenvalue weighted by atomic mass is 10.1. The topological polar surface area (TPSA) is 116 Å². The maximum atomic E-state index is 12.5. The lowest BCUT2D eigenvalue weighted by Gasteiger charge is -2.15. The van der Waals surface area contributed by atoms with E-state index in [1.165, 1.54) is 47.6 Å². The smallest absolute Gasteiger partial charge is 0.330 e. The number of carbonyl (C=O) groups excluding carboxylic acids is 1. The third-order valence-corrected chi connectivity index (χ3v) is 5.32. The molecular formula is C19H22N4O5S. The summed E-state index contributed by atoms with van der Waals surface area (Å²) in [4.78, 5) is 47.3. The molecule has 0 bridgehead atoms. The summed E-state index contributed by atoms with van der Waals surface area (Å²) in [6, 6.07) is 5.56. The number of hydrogen-bond donors (Lipinski definition) is 1. The molecule has 1 N–H and O–H groups in total. The highest BCUT2D eigenvalue weighted by atomic mass is 32.2. The van der Waals surface area contributed by atoms with E-state index in [9.17, 15) is 24.5 Å². The van der Waals surface area contributed by atoms with Crippen LogP contribution < -0.4 is 16.6 Å². The number of ketones is 1. The molecule has 2 aromatic rings. The summed E-state index contributed by atoms with van der Waals surface area (Å²) in [5.74, 6) is -0.238. The van der Waals surface area contributed by atoms with Crippen LogP contribution in [0.1, 0.15) is 29.4 Å². The number of nitro benzene ring substituents is 1. The lowest BCUT2D eigenvalue weighted by Crippen LogP contribution is -2.39. The summed E-state index contributed by atoms with van der Waals surface area (Å²) in [7, 11) is 2.97. The normalized spacial score (nSPS) is 11.4. The van der Waals surface area contributed by atoms with Crippen LogP contribution in [0.4, 0.5) is 11.4 Å². The standard InChI is InChI=1S/C19H22N4O5S/c1-5-7-16(20-17-12(2)21(3)19(26)22(4)18(17)25)29-11-15(24)13-8-6-9-14(10-13)23(27)28/h6-10,20H,5,11H2,1-4H3/b16-7-. The average molecular weight is 418 g/mol. The van der Waals surface area contributed by atoms with Gasteiger partial charge in [-0.25, -0.2) is 4.79 Å². The van der Waals surface area contributed by atoms with E-state index in [1.54, 1.807) is 14.0 Å². The van der Waals surface area contributed by atoms with Crippen molar-refractivity contribution < 1.29 is 9.72 Å². The molecule has 0 saturated carbocycles. The minimum Gasteiger partial charge on any atom is -0.345 e. The Morgan fingerprint density at radius 1 is 1.28 bits per heavy atom. The number of thioether (sulfide) groups is 1. The zero-order valence-corrected chi connectivity index (χ0v) is 17.4. The number of Topliss-reactive ketones (excluding diaryl/α,β-unsaturated/α-hetero) is 1. The third kappa shape index (κ3) is 5.02. The van der Waals surface area contributed by atoms with Crippen LogP contribution in [-0.2, 0) is 14.1 Å². The highest BCUT2D eigenvalue weighted by Gasteiger charge is 2.16. The Morgan fingerprint density at radius 3 is 2.59 bits per heavy atom. The van der Waals surface area contributed by atoms with Gasteiger partial charge in [-0.1, -0.05) is 25.1 Å². The predicted octanol–water partition coefficient (Wildman–Crippen LogP) is 2.58. The molecule has 0 unspecified atom stereocenters. The van der Waals surface area contributed by atoms with Gasteiger partial charge in [-0.05, 0) is 13.3 Å². The molecular weight excluding hydrogens is 396 g/mol. The number of allylic oxidation sites excluding steroid dienone is 1. The van der Waals surface area contributed by atoms with Crippen LogP contribution in [0.2, 0.25) is 0 Å². The van der Waals surface area contributed by atoms with E-state index < -0.39 is 16.2 Å². The molecule has 2 rings (SSSR count). The molecule has 0 aliphatic carbocycles. The fraction of sp³-hybridized carbons (Fsp3) is 0.316. The quantitative estimate of drug-likeness (QED) is 0.398. The summed E-state index contributed by atoms with van der Waals surface area (Å²) in [6.45, 7) is 3.57. The van der Waals surface area contributed by atoms with E-state index in [1.807, 2.05) is 13.0 Å². The van der Waals surface area contributed by atoms with Gasteiger partial charge in [0.05, 0.1) is 15.7 Å². The van der Waals surface area contributed by atoms with Crippen molar-refractivity contribution in [3.8, 4) is 0 Å². The molecule has 0 saturated heterocycles. The maximum absolute atomic E-state index is 12.5. The van der Waals surface area contributed by atoms with Crippen LogP contribution in [0.3, 0.4) is 0 Å². The van der Waals surface area contributed by atoms with Crippen molar-refractivity contribution in [2.45, 2.75) is 20.3 Å². The molecule has 1 aromatic heterocycles. The largest absolute Gasteiger partial charge is 0.345 e. The van der Waals surface area contributed by atoms with Crippen molar-refractivity contribution in [3.05, 3.63) is 77.6 Å². The Hall–Kier alpha value is -3.14. The molecule has 0 aliphatic rings. The maximum Gasteiger partial charge on any atom is 0.330 e. The van der Waals surface area contributed by atoms with Crippen LogP contribution >= 0.6 is 11.8 Å². The average Bonchev–Trinajstić information content (AvgIpc) is 2.71. The zero-order valence-electron chi connectivity index (χ0n) is 16.6. The number of nitro groups is 1. The molecule has 0 fully saturated rings. The first kappa shape index (κ1) is 22.2. The number of anilines is 1. The van der Waals surface area contributed by atoms with Crippen molar-refractivity contribution >= 4 is 28.9 Å². The number of hydrogen-bond acceptors (Lipinski definition) is 7. The Kier molecular flexibility index (Phi) is 7.16. The number of aromatic nitrogens is 2. The van der Waals surface area contributed by atoms with Gasteiger partial charge in [0, 0.05) is 37.5 Å². The second kappa shape index (κ2) is 9.37. The summed E-state index contributed by atoms with van der Waals surface area (Å²) in [6.07, 6.45) is 2.49. The first-order valence-electron chi connectivity index (χ1n) is 8.81. The number of benzene rings is 1. The second-order valence-corrected chi connectivity index (χ2v) is 7.30. The summed E-state index contributed by atoms with van der Waals surface area (Å²) in [5.41, 5.74) is -0.0505. The summed E-state index contributed by atoms with van der Waals surface area (Å²) < 4.78 is 2.38. The second-order valence-electron chi connectivity index (χ2n) is 6.29. The van der Waals surface area contributed by atoms with Gasteiger partial charge in [0.25, 0.3) is 11.2 Å². The fourth-order valence-corrected chi connectivity index (χ4v) is 3.48. The van der Waals surface area contributed by atoms with Crippen molar-refractivity contribution in [1.82, 2.24) is 9.13 Å². The van der Waals surface area contributed by atoms with Crippen molar-refractivity contribution in [3.63, 3.8) is 0 Å². The minimum absolute atomic E-state index is 0.0329. The monoisotopic (exact) mass is 418 g/mol. The van der Waals surface area contributed by atoms with Gasteiger partial charge < -0.3 is 5.32 Å². The molecule has 1 heterocycles. The molecule has 1 aromatic carbocycles. The molecule has 154 valence electrons. The van der Waals surface area contributed by atoms with Gasteiger partial charge in [0.1, 0.15) is 5.69 Å². The Balaban J connectivity index is 2.23. The number of non-ortho nitro benzene ring substituents is 1. The van der Waals surface area contributed by atoms with Crippen LogP contribution in [0.15, 0.2) is 45.0 Å².